The average molecular weight is 340 g/mol. The highest BCUT2D eigenvalue weighted by atomic mass is 32.1. The normalized spacial score (nSPS) is 15.6. The number of imidazole rings is 1. The monoisotopic (exact) mass is 340 g/mol. The van der Waals surface area contributed by atoms with Gasteiger partial charge in [-0.2, -0.15) is 0 Å². The molecule has 24 heavy (non-hydrogen) atoms. The van der Waals surface area contributed by atoms with Crippen LogP contribution in [0.4, 0.5) is 0 Å². The molecule has 1 amide bonds. The molecular weight excluding hydrogens is 320 g/mol. The van der Waals surface area contributed by atoms with Crippen molar-refractivity contribution in [3.63, 3.8) is 0 Å². The van der Waals surface area contributed by atoms with Gasteiger partial charge in [0.2, 0.25) is 5.91 Å². The first-order valence-corrected chi connectivity index (χ1v) is 9.39. The van der Waals surface area contributed by atoms with Crippen molar-refractivity contribution in [2.75, 3.05) is 13.1 Å². The highest BCUT2D eigenvalue weighted by molar-refractivity contribution is 7.07. The van der Waals surface area contributed by atoms with Crippen molar-refractivity contribution in [3.05, 3.63) is 35.2 Å². The standard InChI is InChI=1S/C18H20N4OS/c23-17(21-9-5-1-2-6-10-21)11-22-16-8-4-3-7-14(16)20-18(22)15-12-24-13-19-15/h3-4,7-8,12-13H,1-2,5-6,9-11H2. The second-order valence-corrected chi connectivity index (χ2v) is 6.90. The molecule has 0 bridgehead atoms. The number of likely N-dealkylation sites (tertiary alicyclic amines) is 1. The number of fused-ring (bicyclic) bond motifs is 1. The Morgan fingerprint density at radius 3 is 2.67 bits per heavy atom. The largest absolute Gasteiger partial charge is 0.341 e. The molecule has 4 rings (SSSR count). The van der Waals surface area contributed by atoms with Crippen LogP contribution in [-0.2, 0) is 11.3 Å². The number of carbonyl (C=O) groups excluding carboxylic acids is 1. The van der Waals surface area contributed by atoms with Gasteiger partial charge in [-0.1, -0.05) is 25.0 Å². The minimum Gasteiger partial charge on any atom is -0.341 e. The van der Waals surface area contributed by atoms with E-state index in [1.54, 1.807) is 16.8 Å². The Hall–Kier alpha value is -2.21. The summed E-state index contributed by atoms with van der Waals surface area (Å²) in [4.78, 5) is 23.9. The number of carbonyl (C=O) groups is 1. The second kappa shape index (κ2) is 6.73. The lowest BCUT2D eigenvalue weighted by atomic mass is 10.2. The molecule has 0 radical (unpaired) electrons. The molecule has 1 saturated heterocycles. The molecular formula is C18H20N4OS. The van der Waals surface area contributed by atoms with Gasteiger partial charge in [0.05, 0.1) is 16.5 Å². The zero-order valence-corrected chi connectivity index (χ0v) is 14.3. The van der Waals surface area contributed by atoms with Gasteiger partial charge in [0, 0.05) is 18.5 Å². The number of thiazole rings is 1. The molecule has 0 atom stereocenters. The van der Waals surface area contributed by atoms with E-state index in [1.807, 2.05) is 39.1 Å². The van der Waals surface area contributed by atoms with Crippen molar-refractivity contribution in [3.8, 4) is 11.5 Å². The molecule has 3 heterocycles. The van der Waals surface area contributed by atoms with Crippen molar-refractivity contribution < 1.29 is 4.79 Å². The van der Waals surface area contributed by atoms with Crippen LogP contribution in [0.1, 0.15) is 25.7 Å². The third kappa shape index (κ3) is 2.94. The summed E-state index contributed by atoms with van der Waals surface area (Å²) in [5, 5.41) is 1.98. The van der Waals surface area contributed by atoms with Gasteiger partial charge in [-0.15, -0.1) is 11.3 Å². The molecule has 5 nitrogen and oxygen atoms in total. The van der Waals surface area contributed by atoms with E-state index in [-0.39, 0.29) is 5.91 Å². The Balaban J connectivity index is 1.69. The first-order valence-electron chi connectivity index (χ1n) is 8.44. The van der Waals surface area contributed by atoms with E-state index in [1.165, 1.54) is 12.8 Å². The van der Waals surface area contributed by atoms with E-state index in [0.717, 1.165) is 48.5 Å². The number of hydrogen-bond acceptors (Lipinski definition) is 4. The topological polar surface area (TPSA) is 51.0 Å². The minimum atomic E-state index is 0.177. The van der Waals surface area contributed by atoms with Gasteiger partial charge in [0.25, 0.3) is 0 Å². The lowest BCUT2D eigenvalue weighted by Crippen LogP contribution is -2.34. The maximum Gasteiger partial charge on any atom is 0.242 e. The Morgan fingerprint density at radius 1 is 1.12 bits per heavy atom. The maximum absolute atomic E-state index is 12.8. The fourth-order valence-corrected chi connectivity index (χ4v) is 3.84. The van der Waals surface area contributed by atoms with Crippen molar-refractivity contribution >= 4 is 28.3 Å². The summed E-state index contributed by atoms with van der Waals surface area (Å²) in [7, 11) is 0. The lowest BCUT2D eigenvalue weighted by Gasteiger charge is -2.21. The first kappa shape index (κ1) is 15.3. The van der Waals surface area contributed by atoms with Crippen LogP contribution in [-0.4, -0.2) is 38.4 Å². The summed E-state index contributed by atoms with van der Waals surface area (Å²) >= 11 is 1.54. The SMILES string of the molecule is O=C(Cn1c(-c2cscn2)nc2ccccc21)N1CCCCCC1. The van der Waals surface area contributed by atoms with Crippen molar-refractivity contribution in [1.82, 2.24) is 19.4 Å². The van der Waals surface area contributed by atoms with E-state index < -0.39 is 0 Å². The van der Waals surface area contributed by atoms with Crippen LogP contribution >= 0.6 is 11.3 Å². The van der Waals surface area contributed by atoms with Gasteiger partial charge >= 0.3 is 0 Å². The Bertz CT molecular complexity index is 832. The summed E-state index contributed by atoms with van der Waals surface area (Å²) in [5.41, 5.74) is 4.53. The van der Waals surface area contributed by atoms with Gasteiger partial charge in [-0.05, 0) is 25.0 Å². The molecule has 0 aliphatic carbocycles. The summed E-state index contributed by atoms with van der Waals surface area (Å²) < 4.78 is 2.01. The van der Waals surface area contributed by atoms with E-state index >= 15 is 0 Å². The number of nitrogens with zero attached hydrogens (tertiary/aromatic N) is 4. The van der Waals surface area contributed by atoms with Crippen LogP contribution in [0.25, 0.3) is 22.6 Å². The molecule has 2 aromatic heterocycles. The molecule has 1 aromatic carbocycles. The van der Waals surface area contributed by atoms with Crippen LogP contribution in [0.2, 0.25) is 0 Å². The average Bonchev–Trinajstić information content (AvgIpc) is 3.16. The Labute approximate surface area is 145 Å². The molecule has 0 N–H and O–H groups in total. The van der Waals surface area contributed by atoms with Crippen LogP contribution in [0, 0.1) is 0 Å². The molecule has 0 unspecified atom stereocenters. The first-order chi connectivity index (χ1) is 11.8. The van der Waals surface area contributed by atoms with Crippen molar-refractivity contribution in [2.24, 2.45) is 0 Å². The second-order valence-electron chi connectivity index (χ2n) is 6.18. The van der Waals surface area contributed by atoms with E-state index in [4.69, 9.17) is 4.98 Å². The molecule has 3 aromatic rings. The number of para-hydroxylation sites is 2. The Kier molecular flexibility index (Phi) is 4.30. The maximum atomic E-state index is 12.8. The van der Waals surface area contributed by atoms with E-state index in [2.05, 4.69) is 4.98 Å². The van der Waals surface area contributed by atoms with Gasteiger partial charge < -0.3 is 9.47 Å². The predicted octanol–water partition coefficient (Wildman–Crippen LogP) is 3.56. The van der Waals surface area contributed by atoms with E-state index in [9.17, 15) is 4.79 Å². The predicted molar refractivity (Wildman–Crippen MR) is 95.9 cm³/mol. The fourth-order valence-electron chi connectivity index (χ4n) is 3.31. The van der Waals surface area contributed by atoms with Crippen LogP contribution in [0.5, 0.6) is 0 Å². The van der Waals surface area contributed by atoms with Crippen molar-refractivity contribution in [1.29, 1.82) is 0 Å². The molecule has 6 heteroatoms. The highest BCUT2D eigenvalue weighted by Crippen LogP contribution is 2.25. The summed E-state index contributed by atoms with van der Waals surface area (Å²) in [6.07, 6.45) is 4.66. The zero-order chi connectivity index (χ0) is 16.4. The van der Waals surface area contributed by atoms with Crippen LogP contribution < -0.4 is 0 Å². The molecule has 1 fully saturated rings. The van der Waals surface area contributed by atoms with Gasteiger partial charge in [-0.3, -0.25) is 4.79 Å². The molecule has 124 valence electrons. The number of aromatic nitrogens is 3. The van der Waals surface area contributed by atoms with Crippen LogP contribution in [0.3, 0.4) is 0 Å². The Morgan fingerprint density at radius 2 is 1.92 bits per heavy atom. The van der Waals surface area contributed by atoms with Gasteiger partial charge in [0.1, 0.15) is 12.2 Å². The van der Waals surface area contributed by atoms with Gasteiger partial charge in [0.15, 0.2) is 5.82 Å². The van der Waals surface area contributed by atoms with Crippen LogP contribution in [0.15, 0.2) is 35.2 Å². The smallest absolute Gasteiger partial charge is 0.242 e. The summed E-state index contributed by atoms with van der Waals surface area (Å²) in [5.74, 6) is 0.956. The summed E-state index contributed by atoms with van der Waals surface area (Å²) in [6, 6.07) is 7.97. The minimum absolute atomic E-state index is 0.177. The van der Waals surface area contributed by atoms with E-state index in [0.29, 0.717) is 6.54 Å². The number of amides is 1. The fraction of sp³-hybridized carbons (Fsp3) is 0.389. The van der Waals surface area contributed by atoms with Crippen molar-refractivity contribution in [2.45, 2.75) is 32.2 Å². The molecule has 0 spiro atoms. The zero-order valence-electron chi connectivity index (χ0n) is 13.5. The molecule has 1 aliphatic rings. The number of rotatable bonds is 3. The quantitative estimate of drug-likeness (QED) is 0.732. The molecule has 0 saturated carbocycles. The number of hydrogen-bond donors (Lipinski definition) is 0. The van der Waals surface area contributed by atoms with Gasteiger partial charge in [-0.25, -0.2) is 9.97 Å². The highest BCUT2D eigenvalue weighted by Gasteiger charge is 2.20. The third-order valence-electron chi connectivity index (χ3n) is 4.57. The summed E-state index contributed by atoms with van der Waals surface area (Å²) in [6.45, 7) is 2.07. The molecule has 1 aliphatic heterocycles. The lowest BCUT2D eigenvalue weighted by molar-refractivity contribution is -0.131. The third-order valence-corrected chi connectivity index (χ3v) is 5.15. The number of benzene rings is 1.